The minimum atomic E-state index is -0.414. The van der Waals surface area contributed by atoms with Gasteiger partial charge in [-0.15, -0.1) is 11.3 Å². The van der Waals surface area contributed by atoms with Crippen molar-refractivity contribution in [1.82, 2.24) is 0 Å². The molecule has 0 bridgehead atoms. The molecule has 1 aliphatic carbocycles. The van der Waals surface area contributed by atoms with Crippen LogP contribution in [-0.2, 0) is 9.53 Å². The van der Waals surface area contributed by atoms with Crippen molar-refractivity contribution in [2.75, 3.05) is 18.5 Å². The van der Waals surface area contributed by atoms with E-state index in [1.807, 2.05) is 24.3 Å². The molecule has 2 aromatic rings. The molecule has 0 aliphatic heterocycles. The van der Waals surface area contributed by atoms with E-state index in [1.54, 1.807) is 12.1 Å². The Hall–Kier alpha value is -1.86. The molecule has 0 spiro atoms. The zero-order valence-corrected chi connectivity index (χ0v) is 15.2. The summed E-state index contributed by atoms with van der Waals surface area (Å²) < 4.78 is 11.6. The van der Waals surface area contributed by atoms with Gasteiger partial charge in [-0.25, -0.2) is 4.79 Å². The number of ether oxygens (including phenoxy) is 2. The van der Waals surface area contributed by atoms with Gasteiger partial charge in [0.2, 0.25) is 5.91 Å². The zero-order valence-electron chi connectivity index (χ0n) is 12.8. The molecule has 1 fully saturated rings. The molecular weight excluding hydrogens is 394 g/mol. The number of nitrogens with one attached hydrogen (secondary N) is 1. The van der Waals surface area contributed by atoms with Gasteiger partial charge in [0, 0.05) is 5.92 Å². The molecule has 0 saturated heterocycles. The van der Waals surface area contributed by atoms with Crippen LogP contribution in [0.25, 0.3) is 0 Å². The predicted octanol–water partition coefficient (Wildman–Crippen LogP) is 4.09. The number of amides is 1. The lowest BCUT2D eigenvalue weighted by molar-refractivity contribution is -0.117. The van der Waals surface area contributed by atoms with Crippen molar-refractivity contribution >= 4 is 44.1 Å². The van der Waals surface area contributed by atoms with E-state index in [2.05, 4.69) is 21.2 Å². The van der Waals surface area contributed by atoms with Crippen molar-refractivity contribution in [1.29, 1.82) is 0 Å². The van der Waals surface area contributed by atoms with Crippen LogP contribution < -0.4 is 10.1 Å². The molecule has 0 unspecified atom stereocenters. The van der Waals surface area contributed by atoms with Crippen LogP contribution in [0.4, 0.5) is 5.00 Å². The average molecular weight is 410 g/mol. The monoisotopic (exact) mass is 409 g/mol. The van der Waals surface area contributed by atoms with Gasteiger partial charge in [-0.1, -0.05) is 12.1 Å². The van der Waals surface area contributed by atoms with Crippen LogP contribution in [0, 0.1) is 5.92 Å². The number of carbonyl (C=O) groups is 2. The van der Waals surface area contributed by atoms with Gasteiger partial charge in [-0.05, 0) is 53.0 Å². The number of hydrogen-bond acceptors (Lipinski definition) is 5. The molecule has 1 N–H and O–H groups in total. The largest absolute Gasteiger partial charge is 0.489 e. The molecule has 7 heteroatoms. The summed E-state index contributed by atoms with van der Waals surface area (Å²) in [4.78, 5) is 24.1. The standard InChI is InChI=1S/C17H16BrNO4S/c18-12-3-1-2-4-13(12)22-9-10-23-17(21)14-7-8-15(24-14)19-16(20)11-5-6-11/h1-4,7-8,11H,5-6,9-10H2,(H,19,20). The number of hydrogen-bond donors (Lipinski definition) is 1. The third-order valence-electron chi connectivity index (χ3n) is 3.41. The minimum Gasteiger partial charge on any atom is -0.489 e. The molecule has 126 valence electrons. The molecule has 1 heterocycles. The Morgan fingerprint density at radius 3 is 2.71 bits per heavy atom. The van der Waals surface area contributed by atoms with Crippen molar-refractivity contribution in [3.63, 3.8) is 0 Å². The van der Waals surface area contributed by atoms with Crippen LogP contribution in [0.5, 0.6) is 5.75 Å². The number of halogens is 1. The molecule has 1 amide bonds. The highest BCUT2D eigenvalue weighted by Gasteiger charge is 2.29. The Kier molecular flexibility index (Phi) is 5.52. The normalized spacial score (nSPS) is 13.4. The van der Waals surface area contributed by atoms with Crippen molar-refractivity contribution in [3.05, 3.63) is 45.7 Å². The van der Waals surface area contributed by atoms with Gasteiger partial charge in [0.25, 0.3) is 0 Å². The van der Waals surface area contributed by atoms with Crippen LogP contribution >= 0.6 is 27.3 Å². The second kappa shape index (κ2) is 7.81. The van der Waals surface area contributed by atoms with Gasteiger partial charge in [-0.2, -0.15) is 0 Å². The van der Waals surface area contributed by atoms with Crippen LogP contribution in [0.15, 0.2) is 40.9 Å². The maximum atomic E-state index is 12.0. The van der Waals surface area contributed by atoms with E-state index < -0.39 is 5.97 Å². The first-order valence-corrected chi connectivity index (χ1v) is 9.19. The lowest BCUT2D eigenvalue weighted by Gasteiger charge is -2.08. The van der Waals surface area contributed by atoms with Crippen molar-refractivity contribution in [3.8, 4) is 5.75 Å². The Balaban J connectivity index is 1.42. The second-order valence-corrected chi connectivity index (χ2v) is 7.28. The average Bonchev–Trinajstić information content (AvgIpc) is 3.33. The molecule has 1 saturated carbocycles. The highest BCUT2D eigenvalue weighted by Crippen LogP contribution is 2.31. The van der Waals surface area contributed by atoms with E-state index in [-0.39, 0.29) is 25.0 Å². The summed E-state index contributed by atoms with van der Waals surface area (Å²) in [5.41, 5.74) is 0. The number of thiophene rings is 1. The number of rotatable bonds is 7. The van der Waals surface area contributed by atoms with Gasteiger partial charge < -0.3 is 14.8 Å². The number of carbonyl (C=O) groups excluding carboxylic acids is 2. The topological polar surface area (TPSA) is 64.6 Å². The SMILES string of the molecule is O=C(OCCOc1ccccc1Br)c1ccc(NC(=O)C2CC2)s1. The molecular formula is C17H16BrNO4S. The summed E-state index contributed by atoms with van der Waals surface area (Å²) in [6, 6.07) is 10.9. The number of anilines is 1. The summed E-state index contributed by atoms with van der Waals surface area (Å²) in [7, 11) is 0. The molecule has 1 aliphatic rings. The predicted molar refractivity (Wildman–Crippen MR) is 95.6 cm³/mol. The fraction of sp³-hybridized carbons (Fsp3) is 0.294. The van der Waals surface area contributed by atoms with Gasteiger partial charge in [-0.3, -0.25) is 4.79 Å². The number of benzene rings is 1. The first-order valence-electron chi connectivity index (χ1n) is 7.58. The van der Waals surface area contributed by atoms with E-state index in [0.717, 1.165) is 17.3 Å². The second-order valence-electron chi connectivity index (χ2n) is 5.34. The fourth-order valence-corrected chi connectivity index (χ4v) is 3.20. The third-order valence-corrected chi connectivity index (χ3v) is 5.05. The van der Waals surface area contributed by atoms with E-state index in [1.165, 1.54) is 11.3 Å². The van der Waals surface area contributed by atoms with Crippen LogP contribution in [0.2, 0.25) is 0 Å². The summed E-state index contributed by atoms with van der Waals surface area (Å²) in [6.07, 6.45) is 1.90. The Labute approximate surface area is 152 Å². The molecule has 0 atom stereocenters. The van der Waals surface area contributed by atoms with Crippen molar-refractivity contribution in [2.45, 2.75) is 12.8 Å². The highest BCUT2D eigenvalue weighted by molar-refractivity contribution is 9.10. The molecule has 1 aromatic heterocycles. The van der Waals surface area contributed by atoms with Crippen LogP contribution in [0.3, 0.4) is 0 Å². The Morgan fingerprint density at radius 2 is 1.96 bits per heavy atom. The third kappa shape index (κ3) is 4.58. The van der Waals surface area contributed by atoms with E-state index >= 15 is 0 Å². The summed E-state index contributed by atoms with van der Waals surface area (Å²) in [6.45, 7) is 0.423. The summed E-state index contributed by atoms with van der Waals surface area (Å²) in [5.74, 6) is 0.452. The van der Waals surface area contributed by atoms with Crippen molar-refractivity contribution in [2.24, 2.45) is 5.92 Å². The van der Waals surface area contributed by atoms with Crippen LogP contribution in [0.1, 0.15) is 22.5 Å². The highest BCUT2D eigenvalue weighted by atomic mass is 79.9. The van der Waals surface area contributed by atoms with E-state index in [4.69, 9.17) is 9.47 Å². The van der Waals surface area contributed by atoms with Crippen molar-refractivity contribution < 1.29 is 19.1 Å². The summed E-state index contributed by atoms with van der Waals surface area (Å²) in [5, 5.41) is 3.49. The maximum absolute atomic E-state index is 12.0. The van der Waals surface area contributed by atoms with Gasteiger partial charge in [0.15, 0.2) is 0 Å². The molecule has 24 heavy (non-hydrogen) atoms. The van der Waals surface area contributed by atoms with Gasteiger partial charge in [0.05, 0.1) is 9.47 Å². The smallest absolute Gasteiger partial charge is 0.348 e. The first kappa shape index (κ1) is 17.0. The molecule has 3 rings (SSSR count). The number of esters is 1. The lowest BCUT2D eigenvalue weighted by atomic mass is 10.3. The summed E-state index contributed by atoms with van der Waals surface area (Å²) >= 11 is 4.60. The maximum Gasteiger partial charge on any atom is 0.348 e. The molecule has 5 nitrogen and oxygen atoms in total. The Morgan fingerprint density at radius 1 is 1.17 bits per heavy atom. The lowest BCUT2D eigenvalue weighted by Crippen LogP contribution is -2.12. The van der Waals surface area contributed by atoms with Crippen LogP contribution in [-0.4, -0.2) is 25.1 Å². The minimum absolute atomic E-state index is 0.0265. The molecule has 0 radical (unpaired) electrons. The fourth-order valence-electron chi connectivity index (χ4n) is 2.00. The zero-order chi connectivity index (χ0) is 16.9. The van der Waals surface area contributed by atoms with E-state index in [0.29, 0.717) is 15.6 Å². The molecule has 1 aromatic carbocycles. The number of para-hydroxylation sites is 1. The first-order chi connectivity index (χ1) is 11.6. The van der Waals surface area contributed by atoms with E-state index in [9.17, 15) is 9.59 Å². The van der Waals surface area contributed by atoms with Gasteiger partial charge in [0.1, 0.15) is 23.8 Å². The van der Waals surface area contributed by atoms with Gasteiger partial charge >= 0.3 is 5.97 Å². The quantitative estimate of drug-likeness (QED) is 0.552. The Bertz CT molecular complexity index is 742.